The van der Waals surface area contributed by atoms with E-state index >= 15 is 0 Å². The molecular formula is C11H15Cl2NOS. The Morgan fingerprint density at radius 3 is 2.62 bits per heavy atom. The molecule has 1 atom stereocenters. The fraction of sp³-hybridized carbons (Fsp3) is 0.455. The zero-order valence-electron chi connectivity index (χ0n) is 9.04. The van der Waals surface area contributed by atoms with Crippen molar-refractivity contribution in [3.8, 4) is 0 Å². The SMILES string of the molecule is CC(O)(CN)CCSc1ccc(Cl)c(Cl)c1. The van der Waals surface area contributed by atoms with Gasteiger partial charge in [0.15, 0.2) is 0 Å². The van der Waals surface area contributed by atoms with Crippen LogP contribution < -0.4 is 5.73 Å². The number of thioether (sulfide) groups is 1. The van der Waals surface area contributed by atoms with Crippen LogP contribution in [-0.2, 0) is 0 Å². The van der Waals surface area contributed by atoms with Crippen LogP contribution in [0, 0.1) is 0 Å². The molecule has 0 heterocycles. The molecule has 0 aliphatic rings. The minimum Gasteiger partial charge on any atom is -0.389 e. The molecule has 90 valence electrons. The average molecular weight is 280 g/mol. The average Bonchev–Trinajstić information content (AvgIpc) is 2.23. The van der Waals surface area contributed by atoms with Gasteiger partial charge in [0.05, 0.1) is 15.6 Å². The summed E-state index contributed by atoms with van der Waals surface area (Å²) in [5, 5.41) is 10.8. The summed E-state index contributed by atoms with van der Waals surface area (Å²) in [6.07, 6.45) is 0.647. The highest BCUT2D eigenvalue weighted by Gasteiger charge is 2.17. The smallest absolute Gasteiger partial charge is 0.0749 e. The van der Waals surface area contributed by atoms with E-state index in [0.717, 1.165) is 10.6 Å². The Bertz CT molecular complexity index is 358. The highest BCUT2D eigenvalue weighted by atomic mass is 35.5. The second-order valence-electron chi connectivity index (χ2n) is 3.88. The molecule has 1 unspecified atom stereocenters. The zero-order valence-corrected chi connectivity index (χ0v) is 11.4. The van der Waals surface area contributed by atoms with Gasteiger partial charge in [-0.15, -0.1) is 11.8 Å². The summed E-state index contributed by atoms with van der Waals surface area (Å²) in [7, 11) is 0. The van der Waals surface area contributed by atoms with Crippen molar-refractivity contribution in [1.29, 1.82) is 0 Å². The summed E-state index contributed by atoms with van der Waals surface area (Å²) < 4.78 is 0. The Labute approximate surface area is 110 Å². The van der Waals surface area contributed by atoms with E-state index in [0.29, 0.717) is 16.5 Å². The van der Waals surface area contributed by atoms with E-state index in [1.807, 2.05) is 12.1 Å². The lowest BCUT2D eigenvalue weighted by atomic mass is 10.1. The molecule has 0 aromatic heterocycles. The van der Waals surface area contributed by atoms with E-state index in [1.54, 1.807) is 24.8 Å². The van der Waals surface area contributed by atoms with Gasteiger partial charge in [-0.3, -0.25) is 0 Å². The van der Waals surface area contributed by atoms with Gasteiger partial charge in [0.25, 0.3) is 0 Å². The third-order valence-electron chi connectivity index (χ3n) is 2.24. The van der Waals surface area contributed by atoms with Crippen molar-refractivity contribution in [2.75, 3.05) is 12.3 Å². The van der Waals surface area contributed by atoms with Gasteiger partial charge in [-0.05, 0) is 31.5 Å². The maximum Gasteiger partial charge on any atom is 0.0749 e. The molecule has 0 bridgehead atoms. The van der Waals surface area contributed by atoms with Gasteiger partial charge in [-0.2, -0.15) is 0 Å². The predicted molar refractivity (Wildman–Crippen MR) is 71.5 cm³/mol. The molecule has 1 rings (SSSR count). The van der Waals surface area contributed by atoms with E-state index < -0.39 is 5.60 Å². The first-order valence-corrected chi connectivity index (χ1v) is 6.69. The van der Waals surface area contributed by atoms with Gasteiger partial charge in [0.1, 0.15) is 0 Å². The van der Waals surface area contributed by atoms with Gasteiger partial charge >= 0.3 is 0 Å². The largest absolute Gasteiger partial charge is 0.389 e. The quantitative estimate of drug-likeness (QED) is 0.814. The fourth-order valence-corrected chi connectivity index (χ4v) is 2.56. The van der Waals surface area contributed by atoms with Crippen molar-refractivity contribution < 1.29 is 5.11 Å². The van der Waals surface area contributed by atoms with E-state index in [-0.39, 0.29) is 6.54 Å². The topological polar surface area (TPSA) is 46.2 Å². The van der Waals surface area contributed by atoms with Crippen LogP contribution in [-0.4, -0.2) is 23.0 Å². The summed E-state index contributed by atoms with van der Waals surface area (Å²) in [6.45, 7) is 2.01. The number of nitrogens with two attached hydrogens (primary N) is 1. The summed E-state index contributed by atoms with van der Waals surface area (Å²) in [4.78, 5) is 1.04. The van der Waals surface area contributed by atoms with Crippen LogP contribution in [0.1, 0.15) is 13.3 Å². The van der Waals surface area contributed by atoms with Crippen molar-refractivity contribution in [2.24, 2.45) is 5.73 Å². The number of hydrogen-bond acceptors (Lipinski definition) is 3. The molecule has 0 spiro atoms. The molecule has 0 saturated heterocycles. The maximum atomic E-state index is 9.71. The van der Waals surface area contributed by atoms with Crippen molar-refractivity contribution >= 4 is 35.0 Å². The van der Waals surface area contributed by atoms with E-state index in [2.05, 4.69) is 0 Å². The lowest BCUT2D eigenvalue weighted by molar-refractivity contribution is 0.0665. The summed E-state index contributed by atoms with van der Waals surface area (Å²) in [5.41, 5.74) is 4.64. The molecule has 0 fully saturated rings. The standard InChI is InChI=1S/C11H15Cl2NOS/c1-11(15,7-14)4-5-16-8-2-3-9(12)10(13)6-8/h2-3,6,15H,4-5,7,14H2,1H3. The number of benzene rings is 1. The van der Waals surface area contributed by atoms with Crippen LogP contribution in [0.3, 0.4) is 0 Å². The minimum atomic E-state index is -0.788. The molecule has 1 aromatic carbocycles. The lowest BCUT2D eigenvalue weighted by Gasteiger charge is -2.20. The van der Waals surface area contributed by atoms with Gasteiger partial charge in [-0.1, -0.05) is 23.2 Å². The van der Waals surface area contributed by atoms with Crippen LogP contribution in [0.15, 0.2) is 23.1 Å². The minimum absolute atomic E-state index is 0.273. The third kappa shape index (κ3) is 4.52. The van der Waals surface area contributed by atoms with Gasteiger partial charge < -0.3 is 10.8 Å². The Balaban J connectivity index is 2.46. The second-order valence-corrected chi connectivity index (χ2v) is 5.86. The van der Waals surface area contributed by atoms with E-state index in [9.17, 15) is 5.11 Å². The van der Waals surface area contributed by atoms with Crippen LogP contribution in [0.25, 0.3) is 0 Å². The highest BCUT2D eigenvalue weighted by Crippen LogP contribution is 2.28. The van der Waals surface area contributed by atoms with Crippen molar-refractivity contribution in [3.63, 3.8) is 0 Å². The highest BCUT2D eigenvalue weighted by molar-refractivity contribution is 7.99. The monoisotopic (exact) mass is 279 g/mol. The molecule has 0 saturated carbocycles. The molecule has 16 heavy (non-hydrogen) atoms. The van der Waals surface area contributed by atoms with Crippen molar-refractivity contribution in [2.45, 2.75) is 23.8 Å². The normalized spacial score (nSPS) is 14.8. The van der Waals surface area contributed by atoms with Crippen molar-refractivity contribution in [3.05, 3.63) is 28.2 Å². The zero-order chi connectivity index (χ0) is 12.2. The number of rotatable bonds is 5. The van der Waals surface area contributed by atoms with Crippen LogP contribution in [0.2, 0.25) is 10.0 Å². The first kappa shape index (κ1) is 14.1. The molecule has 2 nitrogen and oxygen atoms in total. The molecule has 5 heteroatoms. The molecule has 3 N–H and O–H groups in total. The molecule has 0 aliphatic heterocycles. The maximum absolute atomic E-state index is 9.71. The van der Waals surface area contributed by atoms with Gasteiger partial charge in [0, 0.05) is 17.2 Å². The van der Waals surface area contributed by atoms with Crippen LogP contribution in [0.5, 0.6) is 0 Å². The fourth-order valence-electron chi connectivity index (χ4n) is 1.06. The number of aliphatic hydroxyl groups is 1. The predicted octanol–water partition coefficient (Wildman–Crippen LogP) is 3.19. The van der Waals surface area contributed by atoms with E-state index in [4.69, 9.17) is 28.9 Å². The first-order valence-electron chi connectivity index (χ1n) is 4.95. The molecular weight excluding hydrogens is 265 g/mol. The Morgan fingerprint density at radius 2 is 2.06 bits per heavy atom. The van der Waals surface area contributed by atoms with Gasteiger partial charge in [0.2, 0.25) is 0 Å². The summed E-state index contributed by atoms with van der Waals surface area (Å²) in [5.74, 6) is 0.794. The number of halogens is 2. The van der Waals surface area contributed by atoms with E-state index in [1.165, 1.54) is 0 Å². The Morgan fingerprint density at radius 1 is 1.38 bits per heavy atom. The molecule has 0 amide bonds. The summed E-state index contributed by atoms with van der Waals surface area (Å²) in [6, 6.07) is 5.51. The summed E-state index contributed by atoms with van der Waals surface area (Å²) >= 11 is 13.3. The number of hydrogen-bond donors (Lipinski definition) is 2. The Hall–Kier alpha value is 0.0700. The molecule has 1 aromatic rings. The van der Waals surface area contributed by atoms with Gasteiger partial charge in [-0.25, -0.2) is 0 Å². The lowest BCUT2D eigenvalue weighted by Crippen LogP contribution is -2.34. The molecule has 0 radical (unpaired) electrons. The van der Waals surface area contributed by atoms with Crippen LogP contribution in [0.4, 0.5) is 0 Å². The third-order valence-corrected chi connectivity index (χ3v) is 3.97. The van der Waals surface area contributed by atoms with Crippen LogP contribution >= 0.6 is 35.0 Å². The van der Waals surface area contributed by atoms with Crippen molar-refractivity contribution in [1.82, 2.24) is 0 Å². The Kier molecular flexibility index (Phi) is 5.41. The first-order chi connectivity index (χ1) is 7.44. The molecule has 0 aliphatic carbocycles. The second kappa shape index (κ2) is 6.12.